The summed E-state index contributed by atoms with van der Waals surface area (Å²) in [5.41, 5.74) is 0. The molecule has 0 aliphatic heterocycles. The van der Waals surface area contributed by atoms with Crippen molar-refractivity contribution in [3.63, 3.8) is 0 Å². The summed E-state index contributed by atoms with van der Waals surface area (Å²) in [7, 11) is 3.07. The predicted molar refractivity (Wildman–Crippen MR) is 57.5 cm³/mol. The number of ether oxygens (including phenoxy) is 1. The van der Waals surface area contributed by atoms with Crippen LogP contribution in [-0.2, 0) is 4.74 Å². The summed E-state index contributed by atoms with van der Waals surface area (Å²) in [5, 5.41) is 3.12. The highest BCUT2D eigenvalue weighted by Crippen LogP contribution is 2.14. The van der Waals surface area contributed by atoms with Crippen molar-refractivity contribution < 1.29 is 17.9 Å². The van der Waals surface area contributed by atoms with E-state index >= 15 is 0 Å². The zero-order chi connectivity index (χ0) is 12.8. The lowest BCUT2D eigenvalue weighted by Gasteiger charge is -2.23. The molecule has 3 nitrogen and oxygen atoms in total. The zero-order valence-corrected chi connectivity index (χ0v) is 10.3. The number of nitrogens with zero attached hydrogens (tertiary/aromatic N) is 1. The molecule has 0 aromatic heterocycles. The van der Waals surface area contributed by atoms with Gasteiger partial charge in [0.25, 0.3) is 0 Å². The number of nitrogens with one attached hydrogen (secondary N) is 1. The standard InChI is InChI=1S/C10H21F3N2O/c1-8(9(2)16-4)14-5-6-15(3)7-10(11,12)13/h8-9,14H,5-7H2,1-4H3. The molecule has 0 aromatic rings. The van der Waals surface area contributed by atoms with E-state index < -0.39 is 12.7 Å². The number of halogens is 3. The van der Waals surface area contributed by atoms with Crippen molar-refractivity contribution in [2.75, 3.05) is 33.8 Å². The number of hydrogen-bond acceptors (Lipinski definition) is 3. The average Bonchev–Trinajstić information content (AvgIpc) is 2.13. The van der Waals surface area contributed by atoms with E-state index in [1.54, 1.807) is 7.11 Å². The fraction of sp³-hybridized carbons (Fsp3) is 1.00. The molecular formula is C10H21F3N2O. The van der Waals surface area contributed by atoms with Gasteiger partial charge in [0.2, 0.25) is 0 Å². The fourth-order valence-corrected chi connectivity index (χ4v) is 1.24. The number of likely N-dealkylation sites (N-methyl/N-ethyl adjacent to an activating group) is 1. The van der Waals surface area contributed by atoms with Gasteiger partial charge < -0.3 is 10.1 Å². The van der Waals surface area contributed by atoms with Gasteiger partial charge in [0.05, 0.1) is 12.6 Å². The van der Waals surface area contributed by atoms with E-state index in [0.29, 0.717) is 13.1 Å². The Labute approximate surface area is 94.9 Å². The molecule has 0 aliphatic rings. The fourth-order valence-electron chi connectivity index (χ4n) is 1.24. The minimum absolute atomic E-state index is 0.0490. The molecular weight excluding hydrogens is 221 g/mol. The molecule has 0 spiro atoms. The first-order chi connectivity index (χ1) is 7.26. The van der Waals surface area contributed by atoms with Crippen LogP contribution < -0.4 is 5.32 Å². The lowest BCUT2D eigenvalue weighted by atomic mass is 10.2. The number of alkyl halides is 3. The first-order valence-corrected chi connectivity index (χ1v) is 5.27. The Hall–Kier alpha value is -0.330. The lowest BCUT2D eigenvalue weighted by Crippen LogP contribution is -2.42. The molecule has 0 bridgehead atoms. The Kier molecular flexibility index (Phi) is 6.94. The van der Waals surface area contributed by atoms with Crippen molar-refractivity contribution in [2.45, 2.75) is 32.2 Å². The number of hydrogen-bond donors (Lipinski definition) is 1. The minimum Gasteiger partial charge on any atom is -0.380 e. The highest BCUT2D eigenvalue weighted by atomic mass is 19.4. The van der Waals surface area contributed by atoms with Crippen LogP contribution in [0.1, 0.15) is 13.8 Å². The quantitative estimate of drug-likeness (QED) is 0.732. The third-order valence-corrected chi connectivity index (χ3v) is 2.48. The van der Waals surface area contributed by atoms with Gasteiger partial charge in [-0.25, -0.2) is 0 Å². The van der Waals surface area contributed by atoms with Gasteiger partial charge in [-0.05, 0) is 20.9 Å². The maximum absolute atomic E-state index is 12.0. The maximum Gasteiger partial charge on any atom is 0.401 e. The van der Waals surface area contributed by atoms with Crippen LogP contribution in [0.15, 0.2) is 0 Å². The monoisotopic (exact) mass is 242 g/mol. The smallest absolute Gasteiger partial charge is 0.380 e. The van der Waals surface area contributed by atoms with Crippen molar-refractivity contribution in [2.24, 2.45) is 0 Å². The maximum atomic E-state index is 12.0. The molecule has 0 aromatic carbocycles. The Morgan fingerprint density at radius 1 is 1.31 bits per heavy atom. The van der Waals surface area contributed by atoms with Crippen molar-refractivity contribution in [3.8, 4) is 0 Å². The van der Waals surface area contributed by atoms with E-state index in [1.807, 2.05) is 13.8 Å². The van der Waals surface area contributed by atoms with Crippen LogP contribution in [0.3, 0.4) is 0 Å². The van der Waals surface area contributed by atoms with Crippen molar-refractivity contribution >= 4 is 0 Å². The summed E-state index contributed by atoms with van der Waals surface area (Å²) in [6.45, 7) is 3.86. The molecule has 2 unspecified atom stereocenters. The summed E-state index contributed by atoms with van der Waals surface area (Å²) < 4.78 is 41.1. The van der Waals surface area contributed by atoms with Crippen LogP contribution in [0, 0.1) is 0 Å². The van der Waals surface area contributed by atoms with Crippen molar-refractivity contribution in [3.05, 3.63) is 0 Å². The highest BCUT2D eigenvalue weighted by Gasteiger charge is 2.28. The summed E-state index contributed by atoms with van der Waals surface area (Å²) in [6.07, 6.45) is -4.08. The lowest BCUT2D eigenvalue weighted by molar-refractivity contribution is -0.142. The van der Waals surface area contributed by atoms with Crippen LogP contribution in [0.2, 0.25) is 0 Å². The van der Waals surface area contributed by atoms with E-state index in [4.69, 9.17) is 4.74 Å². The first kappa shape index (κ1) is 15.7. The molecule has 1 N–H and O–H groups in total. The van der Waals surface area contributed by atoms with E-state index in [1.165, 1.54) is 11.9 Å². The summed E-state index contributed by atoms with van der Waals surface area (Å²) in [5.74, 6) is 0. The van der Waals surface area contributed by atoms with Gasteiger partial charge in [0.1, 0.15) is 0 Å². The van der Waals surface area contributed by atoms with Gasteiger partial charge in [0.15, 0.2) is 0 Å². The van der Waals surface area contributed by atoms with Gasteiger partial charge in [0, 0.05) is 26.2 Å². The molecule has 0 saturated heterocycles. The van der Waals surface area contributed by atoms with E-state index in [2.05, 4.69) is 5.32 Å². The van der Waals surface area contributed by atoms with Gasteiger partial charge in [-0.2, -0.15) is 13.2 Å². The average molecular weight is 242 g/mol. The van der Waals surface area contributed by atoms with Crippen LogP contribution >= 0.6 is 0 Å². The molecule has 0 amide bonds. The number of rotatable bonds is 7. The SMILES string of the molecule is COC(C)C(C)NCCN(C)CC(F)(F)F. The summed E-state index contributed by atoms with van der Waals surface area (Å²) >= 11 is 0. The normalized spacial score (nSPS) is 16.5. The molecule has 16 heavy (non-hydrogen) atoms. The van der Waals surface area contributed by atoms with Gasteiger partial charge in [-0.3, -0.25) is 4.90 Å². The Balaban J connectivity index is 3.66. The molecule has 98 valence electrons. The molecule has 2 atom stereocenters. The second kappa shape index (κ2) is 7.09. The van der Waals surface area contributed by atoms with Gasteiger partial charge in [-0.15, -0.1) is 0 Å². The second-order valence-electron chi connectivity index (χ2n) is 4.04. The first-order valence-electron chi connectivity index (χ1n) is 5.27. The molecule has 6 heteroatoms. The summed E-state index contributed by atoms with van der Waals surface area (Å²) in [6, 6.07) is 0.129. The molecule has 0 fully saturated rings. The molecule has 0 heterocycles. The number of methoxy groups -OCH3 is 1. The second-order valence-corrected chi connectivity index (χ2v) is 4.04. The van der Waals surface area contributed by atoms with Crippen LogP contribution in [0.25, 0.3) is 0 Å². The minimum atomic E-state index is -4.12. The Morgan fingerprint density at radius 2 is 1.88 bits per heavy atom. The third kappa shape index (κ3) is 7.90. The van der Waals surface area contributed by atoms with Crippen LogP contribution in [0.4, 0.5) is 13.2 Å². The van der Waals surface area contributed by atoms with E-state index in [9.17, 15) is 13.2 Å². The van der Waals surface area contributed by atoms with Crippen molar-refractivity contribution in [1.29, 1.82) is 0 Å². The largest absolute Gasteiger partial charge is 0.401 e. The van der Waals surface area contributed by atoms with E-state index in [-0.39, 0.29) is 12.1 Å². The molecule has 0 radical (unpaired) electrons. The highest BCUT2D eigenvalue weighted by molar-refractivity contribution is 4.69. The van der Waals surface area contributed by atoms with Crippen LogP contribution in [-0.4, -0.2) is 57.0 Å². The van der Waals surface area contributed by atoms with E-state index in [0.717, 1.165) is 0 Å². The van der Waals surface area contributed by atoms with Crippen molar-refractivity contribution in [1.82, 2.24) is 10.2 Å². The van der Waals surface area contributed by atoms with Gasteiger partial charge in [-0.1, -0.05) is 0 Å². The predicted octanol–water partition coefficient (Wildman–Crippen LogP) is 1.49. The molecule has 0 rings (SSSR count). The molecule has 0 aliphatic carbocycles. The van der Waals surface area contributed by atoms with Crippen LogP contribution in [0.5, 0.6) is 0 Å². The third-order valence-electron chi connectivity index (χ3n) is 2.48. The topological polar surface area (TPSA) is 24.5 Å². The Morgan fingerprint density at radius 3 is 2.31 bits per heavy atom. The zero-order valence-electron chi connectivity index (χ0n) is 10.3. The molecule has 0 saturated carbocycles. The summed E-state index contributed by atoms with van der Waals surface area (Å²) in [4.78, 5) is 1.25. The van der Waals surface area contributed by atoms with Gasteiger partial charge >= 0.3 is 6.18 Å². The Bertz CT molecular complexity index is 187.